The van der Waals surface area contributed by atoms with Crippen LogP contribution in [-0.2, 0) is 43.3 Å². The molecule has 0 atom stereocenters. The number of aryl methyl sites for hydroxylation is 1. The summed E-state index contributed by atoms with van der Waals surface area (Å²) in [7, 11) is -7.56. The van der Waals surface area contributed by atoms with Gasteiger partial charge in [-0.25, -0.2) is 8.42 Å². The minimum atomic E-state index is -3.81. The highest BCUT2D eigenvalue weighted by molar-refractivity contribution is 7.89. The average Bonchev–Trinajstić information content (AvgIpc) is 3.11. The molecule has 284 valence electrons. The van der Waals surface area contributed by atoms with Gasteiger partial charge in [-0.2, -0.15) is 12.7 Å². The predicted octanol–water partition coefficient (Wildman–Crippen LogP) is 4.45. The van der Waals surface area contributed by atoms with Gasteiger partial charge in [0.05, 0.1) is 42.8 Å². The molecule has 1 aliphatic heterocycles. The lowest BCUT2D eigenvalue weighted by molar-refractivity contribution is -0.153. The standard InChI is InChI=1S/C37H48N2O11S2/c1-28-5-13-34(14-6-28)52(44,45)49-26-24-47-22-21-46-23-25-48-32-11-7-29(8-12-32)30-17-19-39(20-18-30)51(42,43)33-15-9-31(10-16-33)36(41)38-27-35(40)50-37(2,3)4/h5-16,30H,17-27H2,1-4H3,(H,38,41). The second-order valence-electron chi connectivity index (χ2n) is 13.2. The van der Waals surface area contributed by atoms with E-state index in [0.29, 0.717) is 51.5 Å². The van der Waals surface area contributed by atoms with Crippen LogP contribution in [0.15, 0.2) is 82.6 Å². The van der Waals surface area contributed by atoms with Crippen molar-refractivity contribution in [3.8, 4) is 5.75 Å². The lowest BCUT2D eigenvalue weighted by Gasteiger charge is -2.31. The van der Waals surface area contributed by atoms with Gasteiger partial charge < -0.3 is 24.3 Å². The summed E-state index contributed by atoms with van der Waals surface area (Å²) in [6.45, 7) is 8.83. The number of sulfonamides is 1. The third-order valence-corrected chi connectivity index (χ3v) is 11.3. The van der Waals surface area contributed by atoms with Crippen molar-refractivity contribution in [2.45, 2.75) is 61.8 Å². The summed E-state index contributed by atoms with van der Waals surface area (Å²) in [5.41, 5.74) is 1.64. The first-order valence-corrected chi connectivity index (χ1v) is 19.9. The molecule has 0 aliphatic carbocycles. The Bertz CT molecular complexity index is 1820. The van der Waals surface area contributed by atoms with Crippen LogP contribution in [0.4, 0.5) is 0 Å². The summed E-state index contributed by atoms with van der Waals surface area (Å²) in [4.78, 5) is 24.5. The monoisotopic (exact) mass is 760 g/mol. The molecule has 13 nitrogen and oxygen atoms in total. The first-order chi connectivity index (χ1) is 24.6. The number of nitrogens with zero attached hydrogens (tertiary/aromatic N) is 1. The largest absolute Gasteiger partial charge is 0.491 e. The van der Waals surface area contributed by atoms with Crippen molar-refractivity contribution >= 4 is 32.0 Å². The van der Waals surface area contributed by atoms with E-state index in [4.69, 9.17) is 23.1 Å². The van der Waals surface area contributed by atoms with Gasteiger partial charge in [-0.3, -0.25) is 13.8 Å². The summed E-state index contributed by atoms with van der Waals surface area (Å²) >= 11 is 0. The molecule has 3 aromatic rings. The van der Waals surface area contributed by atoms with Crippen molar-refractivity contribution in [2.24, 2.45) is 0 Å². The van der Waals surface area contributed by atoms with E-state index < -0.39 is 37.6 Å². The maximum atomic E-state index is 13.3. The number of piperidine rings is 1. The van der Waals surface area contributed by atoms with E-state index in [1.165, 1.54) is 40.7 Å². The third kappa shape index (κ3) is 12.7. The maximum absolute atomic E-state index is 13.3. The molecule has 0 radical (unpaired) electrons. The smallest absolute Gasteiger partial charge is 0.325 e. The molecule has 0 aromatic heterocycles. The van der Waals surface area contributed by atoms with E-state index in [-0.39, 0.29) is 47.6 Å². The van der Waals surface area contributed by atoms with E-state index in [1.807, 2.05) is 31.2 Å². The van der Waals surface area contributed by atoms with E-state index in [2.05, 4.69) is 5.32 Å². The zero-order chi connectivity index (χ0) is 37.8. The number of benzene rings is 3. The molecule has 0 spiro atoms. The molecular weight excluding hydrogens is 713 g/mol. The van der Waals surface area contributed by atoms with Gasteiger partial charge in [0.15, 0.2) is 0 Å². The van der Waals surface area contributed by atoms with E-state index in [1.54, 1.807) is 32.9 Å². The highest BCUT2D eigenvalue weighted by Crippen LogP contribution is 2.31. The van der Waals surface area contributed by atoms with Crippen LogP contribution in [0.3, 0.4) is 0 Å². The van der Waals surface area contributed by atoms with Crippen LogP contribution in [-0.4, -0.2) is 97.9 Å². The van der Waals surface area contributed by atoms with Crippen molar-refractivity contribution in [1.29, 1.82) is 0 Å². The van der Waals surface area contributed by atoms with Crippen molar-refractivity contribution in [3.05, 3.63) is 89.5 Å². The molecule has 3 aromatic carbocycles. The molecule has 0 unspecified atom stereocenters. The van der Waals surface area contributed by atoms with Crippen LogP contribution in [0.2, 0.25) is 0 Å². The van der Waals surface area contributed by atoms with Crippen LogP contribution in [0.1, 0.15) is 61.0 Å². The average molecular weight is 761 g/mol. The van der Waals surface area contributed by atoms with Crippen LogP contribution < -0.4 is 10.1 Å². The molecule has 1 amide bonds. The molecule has 1 heterocycles. The fraction of sp³-hybridized carbons (Fsp3) is 0.459. The Balaban J connectivity index is 1.10. The fourth-order valence-corrected chi connectivity index (χ4v) is 7.70. The normalized spacial score (nSPS) is 14.5. The Kier molecular flexibility index (Phi) is 14.8. The van der Waals surface area contributed by atoms with Crippen LogP contribution in [0.25, 0.3) is 0 Å². The number of ether oxygens (including phenoxy) is 4. The Labute approximate surface area is 306 Å². The summed E-state index contributed by atoms with van der Waals surface area (Å²) in [6, 6.07) is 19.9. The molecule has 52 heavy (non-hydrogen) atoms. The van der Waals surface area contributed by atoms with Gasteiger partial charge in [0.25, 0.3) is 16.0 Å². The SMILES string of the molecule is Cc1ccc(S(=O)(=O)OCCOCCOCCOc2ccc(C3CCN(S(=O)(=O)c4ccc(C(=O)NCC(=O)OC(C)(C)C)cc4)CC3)cc2)cc1. The highest BCUT2D eigenvalue weighted by atomic mass is 32.2. The number of nitrogens with one attached hydrogen (secondary N) is 1. The van der Waals surface area contributed by atoms with E-state index in [0.717, 1.165) is 11.1 Å². The second kappa shape index (κ2) is 18.8. The molecular formula is C37H48N2O11S2. The number of esters is 1. The van der Waals surface area contributed by atoms with E-state index in [9.17, 15) is 26.4 Å². The van der Waals surface area contributed by atoms with Gasteiger partial charge in [0.2, 0.25) is 10.0 Å². The van der Waals surface area contributed by atoms with Crippen molar-refractivity contribution in [1.82, 2.24) is 9.62 Å². The summed E-state index contributed by atoms with van der Waals surface area (Å²) in [5, 5.41) is 2.49. The zero-order valence-electron chi connectivity index (χ0n) is 30.0. The molecule has 1 N–H and O–H groups in total. The second-order valence-corrected chi connectivity index (χ2v) is 16.8. The van der Waals surface area contributed by atoms with Gasteiger partial charge in [0.1, 0.15) is 24.5 Å². The third-order valence-electron chi connectivity index (χ3n) is 8.02. The van der Waals surface area contributed by atoms with Gasteiger partial charge >= 0.3 is 5.97 Å². The number of hydrogen-bond donors (Lipinski definition) is 1. The van der Waals surface area contributed by atoms with Gasteiger partial charge in [-0.15, -0.1) is 0 Å². The Morgan fingerprint density at radius 2 is 1.31 bits per heavy atom. The predicted molar refractivity (Wildman–Crippen MR) is 193 cm³/mol. The number of rotatable bonds is 18. The number of amides is 1. The number of carbonyl (C=O) groups is 2. The van der Waals surface area contributed by atoms with Crippen molar-refractivity contribution in [2.75, 3.05) is 59.3 Å². The fourth-order valence-electron chi connectivity index (χ4n) is 5.34. The molecule has 0 saturated carbocycles. The summed E-state index contributed by atoms with van der Waals surface area (Å²) in [5.74, 6) is -0.172. The Hall–Kier alpha value is -3.86. The first kappa shape index (κ1) is 40.9. The summed E-state index contributed by atoms with van der Waals surface area (Å²) < 4.78 is 79.3. The van der Waals surface area contributed by atoms with Gasteiger partial charge in [-0.05, 0) is 101 Å². The van der Waals surface area contributed by atoms with Crippen molar-refractivity contribution in [3.63, 3.8) is 0 Å². The minimum absolute atomic E-state index is 0.0911. The highest BCUT2D eigenvalue weighted by Gasteiger charge is 2.30. The lowest BCUT2D eigenvalue weighted by atomic mass is 9.90. The van der Waals surface area contributed by atoms with Crippen LogP contribution in [0, 0.1) is 6.92 Å². The molecule has 1 fully saturated rings. The number of carbonyl (C=O) groups excluding carboxylic acids is 2. The van der Waals surface area contributed by atoms with Gasteiger partial charge in [0, 0.05) is 18.7 Å². The number of hydrogen-bond acceptors (Lipinski definition) is 11. The molecule has 15 heteroatoms. The topological polar surface area (TPSA) is 164 Å². The molecule has 1 aliphatic rings. The lowest BCUT2D eigenvalue weighted by Crippen LogP contribution is -2.38. The van der Waals surface area contributed by atoms with Crippen LogP contribution in [0.5, 0.6) is 5.75 Å². The zero-order valence-corrected chi connectivity index (χ0v) is 31.7. The first-order valence-electron chi connectivity index (χ1n) is 17.1. The maximum Gasteiger partial charge on any atom is 0.325 e. The molecule has 0 bridgehead atoms. The van der Waals surface area contributed by atoms with Gasteiger partial charge in [-0.1, -0.05) is 29.8 Å². The Morgan fingerprint density at radius 1 is 0.750 bits per heavy atom. The van der Waals surface area contributed by atoms with Crippen LogP contribution >= 0.6 is 0 Å². The quantitative estimate of drug-likeness (QED) is 0.111. The molecule has 4 rings (SSSR count). The Morgan fingerprint density at radius 3 is 1.90 bits per heavy atom. The minimum Gasteiger partial charge on any atom is -0.491 e. The van der Waals surface area contributed by atoms with Crippen molar-refractivity contribution < 1.29 is 49.6 Å². The summed E-state index contributed by atoms with van der Waals surface area (Å²) in [6.07, 6.45) is 1.32. The molecule has 1 saturated heterocycles. The van der Waals surface area contributed by atoms with E-state index >= 15 is 0 Å².